The van der Waals surface area contributed by atoms with Crippen LogP contribution in [0.5, 0.6) is 0 Å². The van der Waals surface area contributed by atoms with Crippen molar-refractivity contribution in [3.63, 3.8) is 0 Å². The second-order valence-corrected chi connectivity index (χ2v) is 6.28. The summed E-state index contributed by atoms with van der Waals surface area (Å²) in [7, 11) is -3.40. The standard InChI is InChI=1S/C11H16BrNO2S/c1-8-4-5-11(9(2)6-8)16(14,15)13-10(3)7-12/h4-6,10,13H,7H2,1-3H3. The molecule has 0 bridgehead atoms. The van der Waals surface area contributed by atoms with Crippen LogP contribution in [0.3, 0.4) is 0 Å². The van der Waals surface area contributed by atoms with E-state index in [1.54, 1.807) is 19.1 Å². The number of alkyl halides is 1. The first-order valence-electron chi connectivity index (χ1n) is 5.02. The van der Waals surface area contributed by atoms with Gasteiger partial charge in [0.15, 0.2) is 0 Å². The Morgan fingerprint density at radius 3 is 2.50 bits per heavy atom. The second kappa shape index (κ2) is 5.29. The summed E-state index contributed by atoms with van der Waals surface area (Å²) < 4.78 is 26.6. The van der Waals surface area contributed by atoms with E-state index in [4.69, 9.17) is 0 Å². The van der Waals surface area contributed by atoms with Gasteiger partial charge < -0.3 is 0 Å². The lowest BCUT2D eigenvalue weighted by atomic mass is 10.2. The quantitative estimate of drug-likeness (QED) is 0.868. The van der Waals surface area contributed by atoms with Crippen LogP contribution in [0.2, 0.25) is 0 Å². The van der Waals surface area contributed by atoms with Gasteiger partial charge in [-0.3, -0.25) is 0 Å². The van der Waals surface area contributed by atoms with Gasteiger partial charge in [0.2, 0.25) is 10.0 Å². The van der Waals surface area contributed by atoms with Crippen molar-refractivity contribution in [3.8, 4) is 0 Å². The normalized spacial score (nSPS) is 13.8. The highest BCUT2D eigenvalue weighted by molar-refractivity contribution is 9.09. The predicted molar refractivity (Wildman–Crippen MR) is 69.5 cm³/mol. The van der Waals surface area contributed by atoms with Crippen LogP contribution in [0, 0.1) is 13.8 Å². The third-order valence-electron chi connectivity index (χ3n) is 2.21. The zero-order valence-electron chi connectivity index (χ0n) is 9.62. The number of rotatable bonds is 4. The van der Waals surface area contributed by atoms with Gasteiger partial charge in [-0.25, -0.2) is 13.1 Å². The van der Waals surface area contributed by atoms with Gasteiger partial charge in [-0.1, -0.05) is 33.6 Å². The third kappa shape index (κ3) is 3.30. The molecule has 0 saturated heterocycles. The minimum atomic E-state index is -3.40. The van der Waals surface area contributed by atoms with Crippen LogP contribution in [0.15, 0.2) is 23.1 Å². The van der Waals surface area contributed by atoms with Crippen LogP contribution in [0.4, 0.5) is 0 Å². The summed E-state index contributed by atoms with van der Waals surface area (Å²) in [5.41, 5.74) is 1.83. The van der Waals surface area contributed by atoms with E-state index < -0.39 is 10.0 Å². The Morgan fingerprint density at radius 2 is 2.00 bits per heavy atom. The molecule has 0 heterocycles. The van der Waals surface area contributed by atoms with Gasteiger partial charge in [0.05, 0.1) is 4.90 Å². The van der Waals surface area contributed by atoms with Crippen LogP contribution in [-0.2, 0) is 10.0 Å². The zero-order valence-corrected chi connectivity index (χ0v) is 12.0. The summed E-state index contributed by atoms with van der Waals surface area (Å²) in [6, 6.07) is 5.20. The monoisotopic (exact) mass is 305 g/mol. The summed E-state index contributed by atoms with van der Waals surface area (Å²) in [5, 5.41) is 0.594. The van der Waals surface area contributed by atoms with E-state index in [0.29, 0.717) is 10.2 Å². The number of aryl methyl sites for hydroxylation is 2. The van der Waals surface area contributed by atoms with Crippen molar-refractivity contribution in [1.29, 1.82) is 0 Å². The second-order valence-electron chi connectivity index (χ2n) is 3.95. The number of nitrogens with one attached hydrogen (secondary N) is 1. The van der Waals surface area contributed by atoms with Gasteiger partial charge in [0, 0.05) is 11.4 Å². The third-order valence-corrected chi connectivity index (χ3v) is 4.93. The summed E-state index contributed by atoms with van der Waals surface area (Å²) in [5.74, 6) is 0. The highest BCUT2D eigenvalue weighted by Gasteiger charge is 2.18. The largest absolute Gasteiger partial charge is 0.241 e. The molecule has 1 rings (SSSR count). The van der Waals surface area contributed by atoms with Crippen LogP contribution in [-0.4, -0.2) is 19.8 Å². The number of benzene rings is 1. The van der Waals surface area contributed by atoms with Gasteiger partial charge in [-0.15, -0.1) is 0 Å². The Morgan fingerprint density at radius 1 is 1.38 bits per heavy atom. The molecule has 1 aromatic carbocycles. The first kappa shape index (κ1) is 13.7. The first-order chi connectivity index (χ1) is 7.36. The molecule has 90 valence electrons. The van der Waals surface area contributed by atoms with E-state index in [2.05, 4.69) is 20.7 Å². The maximum atomic E-state index is 12.0. The number of hydrogen-bond donors (Lipinski definition) is 1. The van der Waals surface area contributed by atoms with Crippen molar-refractivity contribution in [2.75, 3.05) is 5.33 Å². The highest BCUT2D eigenvalue weighted by atomic mass is 79.9. The summed E-state index contributed by atoms with van der Waals surface area (Å²) in [6.07, 6.45) is 0. The van der Waals surface area contributed by atoms with E-state index in [1.165, 1.54) is 0 Å². The highest BCUT2D eigenvalue weighted by Crippen LogP contribution is 2.16. The van der Waals surface area contributed by atoms with Gasteiger partial charge in [-0.2, -0.15) is 0 Å². The lowest BCUT2D eigenvalue weighted by molar-refractivity contribution is 0.571. The molecule has 0 spiro atoms. The molecule has 0 amide bonds. The molecule has 1 aromatic rings. The van der Waals surface area contributed by atoms with Crippen LogP contribution >= 0.6 is 15.9 Å². The Balaban J connectivity index is 3.08. The van der Waals surface area contributed by atoms with Crippen LogP contribution < -0.4 is 4.72 Å². The fourth-order valence-electron chi connectivity index (χ4n) is 1.46. The number of sulfonamides is 1. The van der Waals surface area contributed by atoms with E-state index in [0.717, 1.165) is 11.1 Å². The molecule has 5 heteroatoms. The molecule has 16 heavy (non-hydrogen) atoms. The zero-order chi connectivity index (χ0) is 12.3. The van der Waals surface area contributed by atoms with Gasteiger partial charge in [0.25, 0.3) is 0 Å². The minimum absolute atomic E-state index is 0.120. The average Bonchev–Trinajstić information content (AvgIpc) is 2.16. The molecule has 1 unspecified atom stereocenters. The Hall–Kier alpha value is -0.390. The van der Waals surface area contributed by atoms with E-state index in [1.807, 2.05) is 19.9 Å². The van der Waals surface area contributed by atoms with Crippen molar-refractivity contribution in [3.05, 3.63) is 29.3 Å². The fraction of sp³-hybridized carbons (Fsp3) is 0.455. The molecular formula is C11H16BrNO2S. The van der Waals surface area contributed by atoms with Crippen molar-refractivity contribution >= 4 is 26.0 Å². The summed E-state index contributed by atoms with van der Waals surface area (Å²) in [4.78, 5) is 0.353. The lowest BCUT2D eigenvalue weighted by Gasteiger charge is -2.13. The molecule has 0 saturated carbocycles. The van der Waals surface area contributed by atoms with Crippen LogP contribution in [0.25, 0.3) is 0 Å². The SMILES string of the molecule is Cc1ccc(S(=O)(=O)NC(C)CBr)c(C)c1. The summed E-state index contributed by atoms with van der Waals surface area (Å²) >= 11 is 3.24. The van der Waals surface area contributed by atoms with E-state index in [9.17, 15) is 8.42 Å². The molecular weight excluding hydrogens is 290 g/mol. The van der Waals surface area contributed by atoms with Crippen molar-refractivity contribution < 1.29 is 8.42 Å². The number of hydrogen-bond acceptors (Lipinski definition) is 2. The predicted octanol–water partition coefficient (Wildman–Crippen LogP) is 2.37. The van der Waals surface area contributed by atoms with E-state index >= 15 is 0 Å². The van der Waals surface area contributed by atoms with Crippen molar-refractivity contribution in [2.24, 2.45) is 0 Å². The molecule has 1 N–H and O–H groups in total. The Labute approximate surface area is 105 Å². The molecule has 1 atom stereocenters. The minimum Gasteiger partial charge on any atom is -0.208 e. The van der Waals surface area contributed by atoms with Gasteiger partial charge in [0.1, 0.15) is 0 Å². The Kier molecular flexibility index (Phi) is 4.52. The number of halogens is 1. The van der Waals surface area contributed by atoms with Crippen molar-refractivity contribution in [2.45, 2.75) is 31.7 Å². The topological polar surface area (TPSA) is 46.2 Å². The van der Waals surface area contributed by atoms with E-state index in [-0.39, 0.29) is 6.04 Å². The van der Waals surface area contributed by atoms with Gasteiger partial charge >= 0.3 is 0 Å². The van der Waals surface area contributed by atoms with Gasteiger partial charge in [-0.05, 0) is 32.4 Å². The molecule has 0 fully saturated rings. The molecule has 0 radical (unpaired) electrons. The molecule has 0 aliphatic rings. The molecule has 0 aliphatic heterocycles. The Bertz CT molecular complexity index is 471. The average molecular weight is 306 g/mol. The molecule has 0 aromatic heterocycles. The smallest absolute Gasteiger partial charge is 0.208 e. The molecule has 3 nitrogen and oxygen atoms in total. The fourth-order valence-corrected chi connectivity index (χ4v) is 3.31. The lowest BCUT2D eigenvalue weighted by Crippen LogP contribution is -2.33. The first-order valence-corrected chi connectivity index (χ1v) is 7.63. The maximum absolute atomic E-state index is 12.0. The van der Waals surface area contributed by atoms with Crippen LogP contribution in [0.1, 0.15) is 18.1 Å². The maximum Gasteiger partial charge on any atom is 0.241 e. The van der Waals surface area contributed by atoms with Crippen molar-refractivity contribution in [1.82, 2.24) is 4.72 Å². The molecule has 0 aliphatic carbocycles. The summed E-state index contributed by atoms with van der Waals surface area (Å²) in [6.45, 7) is 5.56.